The van der Waals surface area contributed by atoms with Crippen molar-refractivity contribution in [3.63, 3.8) is 0 Å². The Kier molecular flexibility index (Phi) is 3.53. The van der Waals surface area contributed by atoms with Crippen molar-refractivity contribution in [1.82, 2.24) is 5.32 Å². The summed E-state index contributed by atoms with van der Waals surface area (Å²) in [7, 11) is 0. The van der Waals surface area contributed by atoms with Crippen LogP contribution in [0.25, 0.3) is 0 Å². The van der Waals surface area contributed by atoms with Crippen molar-refractivity contribution >= 4 is 5.91 Å². The standard InChI is InChI=1S/C9H17NO2/c1-2-8(11)6-7-4-3-5-10-9(7)12/h7-8,11H,2-6H2,1H3,(H,10,12). The number of nitrogens with one attached hydrogen (secondary N) is 1. The van der Waals surface area contributed by atoms with Crippen LogP contribution in [0.5, 0.6) is 0 Å². The average Bonchev–Trinajstić information content (AvgIpc) is 2.09. The summed E-state index contributed by atoms with van der Waals surface area (Å²) in [5.41, 5.74) is 0. The van der Waals surface area contributed by atoms with Gasteiger partial charge < -0.3 is 10.4 Å². The van der Waals surface area contributed by atoms with Crippen LogP contribution in [0, 0.1) is 5.92 Å². The number of aliphatic hydroxyl groups is 1. The van der Waals surface area contributed by atoms with E-state index in [1.54, 1.807) is 0 Å². The molecule has 1 aliphatic rings. The minimum absolute atomic E-state index is 0.0497. The molecule has 2 atom stereocenters. The van der Waals surface area contributed by atoms with Gasteiger partial charge in [-0.2, -0.15) is 0 Å². The third kappa shape index (κ3) is 2.48. The van der Waals surface area contributed by atoms with Gasteiger partial charge in [0.2, 0.25) is 5.91 Å². The smallest absolute Gasteiger partial charge is 0.223 e. The van der Waals surface area contributed by atoms with Crippen LogP contribution < -0.4 is 5.32 Å². The first-order chi connectivity index (χ1) is 5.74. The van der Waals surface area contributed by atoms with Gasteiger partial charge in [0.25, 0.3) is 0 Å². The monoisotopic (exact) mass is 171 g/mol. The maximum atomic E-state index is 11.2. The maximum absolute atomic E-state index is 11.2. The summed E-state index contributed by atoms with van der Waals surface area (Å²) in [6.07, 6.45) is 3.04. The van der Waals surface area contributed by atoms with Crippen molar-refractivity contribution in [2.75, 3.05) is 6.54 Å². The molecular formula is C9H17NO2. The van der Waals surface area contributed by atoms with Crippen LogP contribution in [-0.4, -0.2) is 23.7 Å². The molecule has 0 aromatic rings. The number of carbonyl (C=O) groups is 1. The first-order valence-electron chi connectivity index (χ1n) is 4.69. The molecule has 0 aromatic carbocycles. The molecule has 0 aliphatic carbocycles. The van der Waals surface area contributed by atoms with Crippen molar-refractivity contribution < 1.29 is 9.90 Å². The highest BCUT2D eigenvalue weighted by atomic mass is 16.3. The second-order valence-corrected chi connectivity index (χ2v) is 3.43. The van der Waals surface area contributed by atoms with E-state index in [1.807, 2.05) is 6.92 Å². The molecule has 1 fully saturated rings. The molecule has 1 amide bonds. The normalized spacial score (nSPS) is 26.5. The van der Waals surface area contributed by atoms with Gasteiger partial charge in [-0.25, -0.2) is 0 Å². The first kappa shape index (κ1) is 9.52. The fourth-order valence-electron chi connectivity index (χ4n) is 1.56. The summed E-state index contributed by atoms with van der Waals surface area (Å²) >= 11 is 0. The lowest BCUT2D eigenvalue weighted by atomic mass is 9.92. The van der Waals surface area contributed by atoms with Crippen molar-refractivity contribution in [1.29, 1.82) is 0 Å². The van der Waals surface area contributed by atoms with Crippen LogP contribution in [0.2, 0.25) is 0 Å². The zero-order chi connectivity index (χ0) is 8.97. The van der Waals surface area contributed by atoms with Crippen LogP contribution in [0.1, 0.15) is 32.6 Å². The molecule has 0 bridgehead atoms. The van der Waals surface area contributed by atoms with Crippen LogP contribution in [0.15, 0.2) is 0 Å². The molecule has 1 rings (SSSR count). The Labute approximate surface area is 73.2 Å². The first-order valence-corrected chi connectivity index (χ1v) is 4.69. The van der Waals surface area contributed by atoms with Crippen molar-refractivity contribution in [2.45, 2.75) is 38.7 Å². The van der Waals surface area contributed by atoms with E-state index in [0.717, 1.165) is 25.8 Å². The lowest BCUT2D eigenvalue weighted by molar-refractivity contribution is -0.127. The van der Waals surface area contributed by atoms with E-state index >= 15 is 0 Å². The Morgan fingerprint density at radius 3 is 3.08 bits per heavy atom. The highest BCUT2D eigenvalue weighted by Gasteiger charge is 2.23. The molecule has 3 nitrogen and oxygen atoms in total. The Balaban J connectivity index is 2.34. The molecule has 12 heavy (non-hydrogen) atoms. The van der Waals surface area contributed by atoms with E-state index in [0.29, 0.717) is 6.42 Å². The third-order valence-electron chi connectivity index (χ3n) is 2.43. The quantitative estimate of drug-likeness (QED) is 0.656. The number of hydrogen-bond acceptors (Lipinski definition) is 2. The molecule has 1 heterocycles. The van der Waals surface area contributed by atoms with Gasteiger partial charge in [0.1, 0.15) is 0 Å². The molecule has 2 N–H and O–H groups in total. The van der Waals surface area contributed by atoms with Gasteiger partial charge in [-0.1, -0.05) is 6.92 Å². The summed E-state index contributed by atoms with van der Waals surface area (Å²) in [6, 6.07) is 0. The number of hydrogen-bond donors (Lipinski definition) is 2. The molecule has 0 aromatic heterocycles. The molecule has 1 saturated heterocycles. The largest absolute Gasteiger partial charge is 0.393 e. The number of rotatable bonds is 3. The van der Waals surface area contributed by atoms with Gasteiger partial charge in [-0.05, 0) is 25.7 Å². The number of piperidine rings is 1. The van der Waals surface area contributed by atoms with Crippen LogP contribution >= 0.6 is 0 Å². The maximum Gasteiger partial charge on any atom is 0.223 e. The highest BCUT2D eigenvalue weighted by molar-refractivity contribution is 5.79. The number of carbonyl (C=O) groups excluding carboxylic acids is 1. The van der Waals surface area contributed by atoms with E-state index in [4.69, 9.17) is 0 Å². The second kappa shape index (κ2) is 4.45. The van der Waals surface area contributed by atoms with Gasteiger partial charge in [0.15, 0.2) is 0 Å². The van der Waals surface area contributed by atoms with Crippen molar-refractivity contribution in [2.24, 2.45) is 5.92 Å². The summed E-state index contributed by atoms with van der Waals surface area (Å²) in [6.45, 7) is 2.74. The van der Waals surface area contributed by atoms with Crippen LogP contribution in [0.3, 0.4) is 0 Å². The summed E-state index contributed by atoms with van der Waals surface area (Å²) in [5, 5.41) is 12.2. The predicted molar refractivity (Wildman–Crippen MR) is 46.6 cm³/mol. The highest BCUT2D eigenvalue weighted by Crippen LogP contribution is 2.18. The van der Waals surface area contributed by atoms with E-state index in [2.05, 4.69) is 5.32 Å². The summed E-state index contributed by atoms with van der Waals surface area (Å²) in [5.74, 6) is 0.169. The minimum Gasteiger partial charge on any atom is -0.393 e. The van der Waals surface area contributed by atoms with Gasteiger partial charge in [0.05, 0.1) is 6.10 Å². The third-order valence-corrected chi connectivity index (χ3v) is 2.43. The molecule has 3 heteroatoms. The van der Waals surface area contributed by atoms with Gasteiger partial charge in [-0.3, -0.25) is 4.79 Å². The Bertz CT molecular complexity index is 159. The molecule has 2 unspecified atom stereocenters. The van der Waals surface area contributed by atoms with E-state index in [9.17, 15) is 9.90 Å². The van der Waals surface area contributed by atoms with E-state index in [-0.39, 0.29) is 17.9 Å². The zero-order valence-electron chi connectivity index (χ0n) is 7.55. The van der Waals surface area contributed by atoms with Gasteiger partial charge >= 0.3 is 0 Å². The Hall–Kier alpha value is -0.570. The topological polar surface area (TPSA) is 49.3 Å². The number of aliphatic hydroxyl groups excluding tert-OH is 1. The van der Waals surface area contributed by atoms with Crippen molar-refractivity contribution in [3.05, 3.63) is 0 Å². The summed E-state index contributed by atoms with van der Waals surface area (Å²) in [4.78, 5) is 11.2. The lowest BCUT2D eigenvalue weighted by Gasteiger charge is -2.23. The van der Waals surface area contributed by atoms with E-state index < -0.39 is 0 Å². The van der Waals surface area contributed by atoms with Crippen LogP contribution in [0.4, 0.5) is 0 Å². The van der Waals surface area contributed by atoms with E-state index in [1.165, 1.54) is 0 Å². The lowest BCUT2D eigenvalue weighted by Crippen LogP contribution is -2.37. The fraction of sp³-hybridized carbons (Fsp3) is 0.889. The minimum atomic E-state index is -0.307. The molecule has 1 aliphatic heterocycles. The SMILES string of the molecule is CCC(O)CC1CCCNC1=O. The molecule has 0 spiro atoms. The zero-order valence-corrected chi connectivity index (χ0v) is 7.55. The van der Waals surface area contributed by atoms with Crippen molar-refractivity contribution in [3.8, 4) is 0 Å². The van der Waals surface area contributed by atoms with Crippen LogP contribution in [-0.2, 0) is 4.79 Å². The van der Waals surface area contributed by atoms with Gasteiger partial charge in [-0.15, -0.1) is 0 Å². The molecule has 0 radical (unpaired) electrons. The Morgan fingerprint density at radius 2 is 2.50 bits per heavy atom. The average molecular weight is 171 g/mol. The fourth-order valence-corrected chi connectivity index (χ4v) is 1.56. The summed E-state index contributed by atoms with van der Waals surface area (Å²) < 4.78 is 0. The Morgan fingerprint density at radius 1 is 1.75 bits per heavy atom. The molecule has 70 valence electrons. The molecular weight excluding hydrogens is 154 g/mol. The number of amides is 1. The van der Waals surface area contributed by atoms with Gasteiger partial charge in [0, 0.05) is 12.5 Å². The molecule has 0 saturated carbocycles. The second-order valence-electron chi connectivity index (χ2n) is 3.43. The predicted octanol–water partition coefficient (Wildman–Crippen LogP) is 0.674.